The van der Waals surface area contributed by atoms with Gasteiger partial charge in [-0.2, -0.15) is 0 Å². The summed E-state index contributed by atoms with van der Waals surface area (Å²) >= 11 is 5.40. The molecule has 0 rings (SSSR count). The topological polar surface area (TPSA) is 26.3 Å². The number of hydrogen-bond acceptors (Lipinski definition) is 2. The van der Waals surface area contributed by atoms with Crippen molar-refractivity contribution in [3.8, 4) is 0 Å². The normalized spacial score (nSPS) is 13.6. The van der Waals surface area contributed by atoms with Crippen LogP contribution in [0.5, 0.6) is 0 Å². The van der Waals surface area contributed by atoms with E-state index in [4.69, 9.17) is 16.3 Å². The highest BCUT2D eigenvalue weighted by Crippen LogP contribution is 2.17. The molecule has 0 radical (unpaired) electrons. The van der Waals surface area contributed by atoms with E-state index in [1.54, 1.807) is 6.08 Å². The predicted octanol–water partition coefficient (Wildman–Crippen LogP) is 2.96. The van der Waals surface area contributed by atoms with Crippen molar-refractivity contribution in [3.05, 3.63) is 11.6 Å². The van der Waals surface area contributed by atoms with Gasteiger partial charge in [0.15, 0.2) is 0 Å². The number of hydrogen-bond donors (Lipinski definition) is 0. The summed E-state index contributed by atoms with van der Waals surface area (Å²) in [6.45, 7) is 6.26. The van der Waals surface area contributed by atoms with Gasteiger partial charge in [0.2, 0.25) is 0 Å². The van der Waals surface area contributed by atoms with E-state index in [1.165, 1.54) is 5.54 Å². The molecule has 3 heteroatoms. The molecule has 0 aromatic rings. The average molecular weight is 205 g/mol. The molecule has 0 aromatic carbocycles. The van der Waals surface area contributed by atoms with Crippen LogP contribution in [0, 0.1) is 11.8 Å². The number of halogens is 1. The Balaban J connectivity index is 4.15. The van der Waals surface area contributed by atoms with Gasteiger partial charge in [0.1, 0.15) is 0 Å². The lowest BCUT2D eigenvalue weighted by molar-refractivity contribution is -0.149. The summed E-state index contributed by atoms with van der Waals surface area (Å²) in [5.41, 5.74) is 1.44. The first-order valence-corrected chi connectivity index (χ1v) is 4.99. The second kappa shape index (κ2) is 6.96. The number of rotatable bonds is 5. The number of ether oxygens (including phenoxy) is 1. The Morgan fingerprint density at radius 3 is 2.54 bits per heavy atom. The SMILES string of the molecule is CCOC(=O)[C@@H](C/C=C/Cl)C(C)C. The molecular formula is C10H17ClO2. The zero-order valence-electron chi connectivity index (χ0n) is 8.42. The highest BCUT2D eigenvalue weighted by molar-refractivity contribution is 6.25. The summed E-state index contributed by atoms with van der Waals surface area (Å²) in [7, 11) is 0. The van der Waals surface area contributed by atoms with Gasteiger partial charge < -0.3 is 4.74 Å². The van der Waals surface area contributed by atoms with Gasteiger partial charge in [-0.05, 0) is 19.3 Å². The third-order valence-corrected chi connectivity index (χ3v) is 2.05. The lowest BCUT2D eigenvalue weighted by Gasteiger charge is -2.16. The van der Waals surface area contributed by atoms with E-state index in [9.17, 15) is 4.79 Å². The van der Waals surface area contributed by atoms with Crippen molar-refractivity contribution in [2.24, 2.45) is 11.8 Å². The summed E-state index contributed by atoms with van der Waals surface area (Å²) < 4.78 is 4.95. The molecule has 0 spiro atoms. The molecular weight excluding hydrogens is 188 g/mol. The van der Waals surface area contributed by atoms with Gasteiger partial charge in [-0.15, -0.1) is 0 Å². The number of carbonyl (C=O) groups is 1. The Kier molecular flexibility index (Phi) is 6.69. The third-order valence-electron chi connectivity index (χ3n) is 1.87. The van der Waals surface area contributed by atoms with Crippen LogP contribution in [0.2, 0.25) is 0 Å². The van der Waals surface area contributed by atoms with E-state index >= 15 is 0 Å². The molecule has 0 saturated heterocycles. The molecule has 0 N–H and O–H groups in total. The molecule has 0 fully saturated rings. The van der Waals surface area contributed by atoms with E-state index in [0.717, 1.165) is 0 Å². The van der Waals surface area contributed by atoms with Crippen LogP contribution < -0.4 is 0 Å². The number of allylic oxidation sites excluding steroid dienone is 1. The Hall–Kier alpha value is -0.500. The van der Waals surface area contributed by atoms with Crippen molar-refractivity contribution in [1.82, 2.24) is 0 Å². The Morgan fingerprint density at radius 1 is 1.54 bits per heavy atom. The second-order valence-electron chi connectivity index (χ2n) is 3.20. The first-order valence-electron chi connectivity index (χ1n) is 4.55. The van der Waals surface area contributed by atoms with Gasteiger partial charge in [0, 0.05) is 5.54 Å². The summed E-state index contributed by atoms with van der Waals surface area (Å²) in [5.74, 6) is 0.0779. The smallest absolute Gasteiger partial charge is 0.309 e. The lowest BCUT2D eigenvalue weighted by Crippen LogP contribution is -2.22. The standard InChI is InChI=1S/C10H17ClO2/c1-4-13-10(12)9(8(2)3)6-5-7-11/h5,7-9H,4,6H2,1-3H3/b7-5+/t9-/m0/s1. The Bertz CT molecular complexity index is 176. The maximum atomic E-state index is 11.4. The van der Waals surface area contributed by atoms with Crippen molar-refractivity contribution in [1.29, 1.82) is 0 Å². The minimum atomic E-state index is -0.132. The fourth-order valence-corrected chi connectivity index (χ4v) is 1.19. The van der Waals surface area contributed by atoms with Gasteiger partial charge in [0.25, 0.3) is 0 Å². The first-order chi connectivity index (χ1) is 6.13. The van der Waals surface area contributed by atoms with Gasteiger partial charge in [-0.1, -0.05) is 31.5 Å². The van der Waals surface area contributed by atoms with Crippen LogP contribution in [0.25, 0.3) is 0 Å². The molecule has 0 saturated carbocycles. The highest BCUT2D eigenvalue weighted by atomic mass is 35.5. The Morgan fingerprint density at radius 2 is 2.15 bits per heavy atom. The van der Waals surface area contributed by atoms with Crippen LogP contribution in [0.4, 0.5) is 0 Å². The summed E-state index contributed by atoms with van der Waals surface area (Å²) in [4.78, 5) is 11.4. The largest absolute Gasteiger partial charge is 0.466 e. The van der Waals surface area contributed by atoms with Crippen molar-refractivity contribution >= 4 is 17.6 Å². The molecule has 2 nitrogen and oxygen atoms in total. The highest BCUT2D eigenvalue weighted by Gasteiger charge is 2.21. The molecule has 0 heterocycles. The van der Waals surface area contributed by atoms with Crippen molar-refractivity contribution in [3.63, 3.8) is 0 Å². The van der Waals surface area contributed by atoms with E-state index in [0.29, 0.717) is 13.0 Å². The van der Waals surface area contributed by atoms with Gasteiger partial charge >= 0.3 is 5.97 Å². The third kappa shape index (κ3) is 4.94. The first kappa shape index (κ1) is 12.5. The van der Waals surface area contributed by atoms with E-state index in [1.807, 2.05) is 20.8 Å². The summed E-state index contributed by atoms with van der Waals surface area (Å²) in [6.07, 6.45) is 2.43. The summed E-state index contributed by atoms with van der Waals surface area (Å²) in [5, 5.41) is 0. The molecule has 0 unspecified atom stereocenters. The monoisotopic (exact) mass is 204 g/mol. The molecule has 0 amide bonds. The zero-order chi connectivity index (χ0) is 10.3. The maximum Gasteiger partial charge on any atom is 0.309 e. The molecule has 0 aliphatic rings. The Labute approximate surface area is 84.9 Å². The van der Waals surface area contributed by atoms with Crippen LogP contribution in [-0.2, 0) is 9.53 Å². The summed E-state index contributed by atoms with van der Waals surface area (Å²) in [6, 6.07) is 0. The lowest BCUT2D eigenvalue weighted by atomic mass is 9.93. The van der Waals surface area contributed by atoms with Gasteiger partial charge in [-0.3, -0.25) is 4.79 Å². The fourth-order valence-electron chi connectivity index (χ4n) is 1.09. The maximum absolute atomic E-state index is 11.4. The van der Waals surface area contributed by atoms with Crippen molar-refractivity contribution in [2.45, 2.75) is 27.2 Å². The van der Waals surface area contributed by atoms with Crippen LogP contribution in [-0.4, -0.2) is 12.6 Å². The van der Waals surface area contributed by atoms with Gasteiger partial charge in [-0.25, -0.2) is 0 Å². The molecule has 0 aromatic heterocycles. The van der Waals surface area contributed by atoms with E-state index in [-0.39, 0.29) is 17.8 Å². The molecule has 1 atom stereocenters. The van der Waals surface area contributed by atoms with Crippen LogP contribution in [0.15, 0.2) is 11.6 Å². The molecule has 76 valence electrons. The molecule has 13 heavy (non-hydrogen) atoms. The molecule has 0 bridgehead atoms. The van der Waals surface area contributed by atoms with Crippen LogP contribution in [0.3, 0.4) is 0 Å². The zero-order valence-corrected chi connectivity index (χ0v) is 9.17. The number of carbonyl (C=O) groups excluding carboxylic acids is 1. The van der Waals surface area contributed by atoms with Crippen molar-refractivity contribution in [2.75, 3.05) is 6.61 Å². The fraction of sp³-hybridized carbons (Fsp3) is 0.700. The molecule has 0 aliphatic heterocycles. The second-order valence-corrected chi connectivity index (χ2v) is 3.45. The van der Waals surface area contributed by atoms with Gasteiger partial charge in [0.05, 0.1) is 12.5 Å². The van der Waals surface area contributed by atoms with Crippen LogP contribution in [0.1, 0.15) is 27.2 Å². The number of esters is 1. The minimum absolute atomic E-state index is 0.0741. The van der Waals surface area contributed by atoms with Crippen LogP contribution >= 0.6 is 11.6 Å². The average Bonchev–Trinajstić information content (AvgIpc) is 2.05. The van der Waals surface area contributed by atoms with Crippen molar-refractivity contribution < 1.29 is 9.53 Å². The molecule has 0 aliphatic carbocycles. The van der Waals surface area contributed by atoms with E-state index < -0.39 is 0 Å². The predicted molar refractivity (Wildman–Crippen MR) is 54.6 cm³/mol. The van der Waals surface area contributed by atoms with E-state index in [2.05, 4.69) is 0 Å². The minimum Gasteiger partial charge on any atom is -0.466 e. The quantitative estimate of drug-likeness (QED) is 0.644.